The predicted octanol–water partition coefficient (Wildman–Crippen LogP) is 3.28. The first-order valence-electron chi connectivity index (χ1n) is 6.12. The average molecular weight is 252 g/mol. The molecule has 0 atom stereocenters. The van der Waals surface area contributed by atoms with E-state index in [0.29, 0.717) is 30.4 Å². The van der Waals surface area contributed by atoms with Crippen LogP contribution in [0.4, 0.5) is 4.39 Å². The fourth-order valence-corrected chi connectivity index (χ4v) is 1.54. The minimum absolute atomic E-state index is 0.108. The number of aromatic nitrogens is 1. The highest BCUT2D eigenvalue weighted by molar-refractivity contribution is 5.94. The van der Waals surface area contributed by atoms with E-state index in [-0.39, 0.29) is 11.4 Å². The molecule has 1 aromatic rings. The van der Waals surface area contributed by atoms with Crippen molar-refractivity contribution in [3.05, 3.63) is 35.9 Å². The molecule has 0 unspecified atom stereocenters. The Morgan fingerprint density at radius 2 is 2.17 bits per heavy atom. The number of carbonyl (C=O) groups excluding carboxylic acids is 1. The van der Waals surface area contributed by atoms with Gasteiger partial charge in [-0.1, -0.05) is 6.92 Å². The van der Waals surface area contributed by atoms with Crippen molar-refractivity contribution in [2.75, 3.05) is 0 Å². The molecule has 3 nitrogen and oxygen atoms in total. The van der Waals surface area contributed by atoms with Crippen molar-refractivity contribution in [2.45, 2.75) is 46.2 Å². The third-order valence-corrected chi connectivity index (χ3v) is 2.50. The fraction of sp³-hybridized carbons (Fsp3) is 0.500. The Balaban J connectivity index is 2.72. The van der Waals surface area contributed by atoms with Crippen LogP contribution in [-0.2, 0) is 6.54 Å². The molecule has 1 heterocycles. The van der Waals surface area contributed by atoms with Gasteiger partial charge in [0.1, 0.15) is 0 Å². The van der Waals surface area contributed by atoms with Crippen molar-refractivity contribution in [3.63, 3.8) is 0 Å². The van der Waals surface area contributed by atoms with Crippen LogP contribution in [0.3, 0.4) is 0 Å². The molecule has 100 valence electrons. The van der Waals surface area contributed by atoms with E-state index >= 15 is 0 Å². The molecule has 18 heavy (non-hydrogen) atoms. The lowest BCUT2D eigenvalue weighted by Gasteiger charge is -2.19. The van der Waals surface area contributed by atoms with Gasteiger partial charge in [0.2, 0.25) is 0 Å². The first-order valence-corrected chi connectivity index (χ1v) is 6.12. The van der Waals surface area contributed by atoms with Gasteiger partial charge >= 0.3 is 0 Å². The molecule has 0 saturated carbocycles. The molecule has 0 aliphatic rings. The number of nitrogens with zero attached hydrogens (tertiary/aromatic N) is 1. The Labute approximate surface area is 108 Å². The highest BCUT2D eigenvalue weighted by Crippen LogP contribution is 2.09. The van der Waals surface area contributed by atoms with E-state index in [1.54, 1.807) is 18.5 Å². The lowest BCUT2D eigenvalue weighted by atomic mass is 10.1. The number of hydrogen-bond acceptors (Lipinski definition) is 1. The monoisotopic (exact) mass is 252 g/mol. The SMILES string of the molecule is CC/C(=C\F)Cn1ccc(C(=O)NC(C)(C)C)c1. The van der Waals surface area contributed by atoms with Crippen LogP contribution in [0.2, 0.25) is 0 Å². The van der Waals surface area contributed by atoms with Gasteiger partial charge in [-0.25, -0.2) is 4.39 Å². The van der Waals surface area contributed by atoms with Gasteiger partial charge in [-0.2, -0.15) is 0 Å². The molecule has 0 spiro atoms. The second-order valence-electron chi connectivity index (χ2n) is 5.40. The first kappa shape index (κ1) is 14.5. The van der Waals surface area contributed by atoms with Crippen LogP contribution >= 0.6 is 0 Å². The maximum atomic E-state index is 12.5. The van der Waals surface area contributed by atoms with Gasteiger partial charge in [0, 0.05) is 24.5 Å². The zero-order chi connectivity index (χ0) is 13.8. The van der Waals surface area contributed by atoms with Crippen molar-refractivity contribution in [1.82, 2.24) is 9.88 Å². The lowest BCUT2D eigenvalue weighted by Crippen LogP contribution is -2.40. The van der Waals surface area contributed by atoms with Crippen LogP contribution in [-0.4, -0.2) is 16.0 Å². The maximum Gasteiger partial charge on any atom is 0.253 e. The number of hydrogen-bond donors (Lipinski definition) is 1. The van der Waals surface area contributed by atoms with Gasteiger partial charge in [0.25, 0.3) is 5.91 Å². The van der Waals surface area contributed by atoms with Crippen molar-refractivity contribution in [3.8, 4) is 0 Å². The van der Waals surface area contributed by atoms with Gasteiger partial charge in [0.05, 0.1) is 11.9 Å². The quantitative estimate of drug-likeness (QED) is 0.876. The molecule has 1 aromatic heterocycles. The summed E-state index contributed by atoms with van der Waals surface area (Å²) in [6.07, 6.45) is 4.82. The highest BCUT2D eigenvalue weighted by Gasteiger charge is 2.15. The summed E-state index contributed by atoms with van der Waals surface area (Å²) in [7, 11) is 0. The summed E-state index contributed by atoms with van der Waals surface area (Å²) < 4.78 is 14.3. The van der Waals surface area contributed by atoms with E-state index in [9.17, 15) is 9.18 Å². The molecule has 1 amide bonds. The number of halogens is 1. The smallest absolute Gasteiger partial charge is 0.253 e. The van der Waals surface area contributed by atoms with E-state index in [1.165, 1.54) is 0 Å². The van der Waals surface area contributed by atoms with E-state index < -0.39 is 0 Å². The van der Waals surface area contributed by atoms with Crippen molar-refractivity contribution in [2.24, 2.45) is 0 Å². The molecule has 1 rings (SSSR count). The van der Waals surface area contributed by atoms with Crippen LogP contribution in [0.15, 0.2) is 30.4 Å². The van der Waals surface area contributed by atoms with Crippen LogP contribution in [0.25, 0.3) is 0 Å². The predicted molar refractivity (Wildman–Crippen MR) is 71.1 cm³/mol. The Morgan fingerprint density at radius 1 is 1.50 bits per heavy atom. The van der Waals surface area contributed by atoms with Gasteiger partial charge in [0.15, 0.2) is 0 Å². The van der Waals surface area contributed by atoms with E-state index in [4.69, 9.17) is 0 Å². The molecule has 0 saturated heterocycles. The van der Waals surface area contributed by atoms with E-state index in [0.717, 1.165) is 0 Å². The van der Waals surface area contributed by atoms with Gasteiger partial charge in [-0.3, -0.25) is 4.79 Å². The van der Waals surface area contributed by atoms with Gasteiger partial charge in [-0.05, 0) is 38.8 Å². The summed E-state index contributed by atoms with van der Waals surface area (Å²) in [5.41, 5.74) is 1.04. The highest BCUT2D eigenvalue weighted by atomic mass is 19.1. The normalized spacial score (nSPS) is 12.6. The number of rotatable bonds is 4. The summed E-state index contributed by atoms with van der Waals surface area (Å²) in [6.45, 7) is 8.19. The minimum atomic E-state index is -0.257. The van der Waals surface area contributed by atoms with Gasteiger partial charge in [-0.15, -0.1) is 0 Å². The molecule has 0 aliphatic carbocycles. The molecular formula is C14H21FN2O. The van der Waals surface area contributed by atoms with Crippen molar-refractivity contribution >= 4 is 5.91 Å². The Hall–Kier alpha value is -1.58. The molecular weight excluding hydrogens is 231 g/mol. The molecule has 0 aliphatic heterocycles. The Bertz CT molecular complexity index is 441. The molecule has 0 aromatic carbocycles. The molecule has 0 fully saturated rings. The molecule has 0 bridgehead atoms. The standard InChI is InChI=1S/C14H21FN2O/c1-5-11(8-15)9-17-7-6-12(10-17)13(18)16-14(2,3)4/h6-8,10H,5,9H2,1-4H3,(H,16,18)/b11-8+. The Morgan fingerprint density at radius 3 is 2.67 bits per heavy atom. The zero-order valence-corrected chi connectivity index (χ0v) is 11.5. The third-order valence-electron chi connectivity index (χ3n) is 2.50. The third kappa shape index (κ3) is 4.35. The van der Waals surface area contributed by atoms with Crippen LogP contribution in [0.1, 0.15) is 44.5 Å². The lowest BCUT2D eigenvalue weighted by molar-refractivity contribution is 0.0919. The summed E-state index contributed by atoms with van der Waals surface area (Å²) in [5, 5.41) is 2.89. The van der Waals surface area contributed by atoms with Crippen LogP contribution in [0.5, 0.6) is 0 Å². The number of allylic oxidation sites excluding steroid dienone is 1. The summed E-state index contributed by atoms with van der Waals surface area (Å²) in [5.74, 6) is -0.108. The zero-order valence-electron chi connectivity index (χ0n) is 11.5. The largest absolute Gasteiger partial charge is 0.349 e. The topological polar surface area (TPSA) is 34.0 Å². The summed E-state index contributed by atoms with van der Waals surface area (Å²) in [4.78, 5) is 11.9. The number of carbonyl (C=O) groups is 1. The first-order chi connectivity index (χ1) is 8.35. The molecule has 4 heteroatoms. The maximum absolute atomic E-state index is 12.5. The minimum Gasteiger partial charge on any atom is -0.349 e. The summed E-state index contributed by atoms with van der Waals surface area (Å²) in [6, 6.07) is 1.74. The second kappa shape index (κ2) is 5.85. The van der Waals surface area contributed by atoms with E-state index in [1.807, 2.05) is 32.3 Å². The molecule has 0 radical (unpaired) electrons. The fourth-order valence-electron chi connectivity index (χ4n) is 1.54. The summed E-state index contributed by atoms with van der Waals surface area (Å²) >= 11 is 0. The average Bonchev–Trinajstić information content (AvgIpc) is 2.72. The second-order valence-corrected chi connectivity index (χ2v) is 5.40. The Kier molecular flexibility index (Phi) is 4.70. The van der Waals surface area contributed by atoms with Crippen LogP contribution in [0, 0.1) is 0 Å². The molecule has 1 N–H and O–H groups in total. The number of amides is 1. The van der Waals surface area contributed by atoms with E-state index in [2.05, 4.69) is 5.32 Å². The van der Waals surface area contributed by atoms with Gasteiger partial charge < -0.3 is 9.88 Å². The number of nitrogens with one attached hydrogen (secondary N) is 1. The van der Waals surface area contributed by atoms with Crippen LogP contribution < -0.4 is 5.32 Å². The van der Waals surface area contributed by atoms with Crippen molar-refractivity contribution in [1.29, 1.82) is 0 Å². The van der Waals surface area contributed by atoms with Crippen molar-refractivity contribution < 1.29 is 9.18 Å².